The van der Waals surface area contributed by atoms with Crippen LogP contribution in [0.25, 0.3) is 0 Å². The summed E-state index contributed by atoms with van der Waals surface area (Å²) in [6.45, 7) is 2.72. The number of piperidine rings is 1. The molecule has 0 aromatic heterocycles. The summed E-state index contributed by atoms with van der Waals surface area (Å²) in [5.74, 6) is -1.09. The summed E-state index contributed by atoms with van der Waals surface area (Å²) in [6, 6.07) is 0.374. The van der Waals surface area contributed by atoms with Crippen LogP contribution in [0.2, 0.25) is 0 Å². The molecule has 15 heavy (non-hydrogen) atoms. The van der Waals surface area contributed by atoms with Crippen molar-refractivity contribution in [2.75, 3.05) is 26.2 Å². The van der Waals surface area contributed by atoms with Gasteiger partial charge in [-0.25, -0.2) is 0 Å². The standard InChI is InChI=1S/C10H17F3N2/c11-10(12,13)8-3-6-15(7-8)9-1-4-14-5-2-9/h8-9,14H,1-7H2. The zero-order chi connectivity index (χ0) is 10.9. The Morgan fingerprint density at radius 1 is 1.07 bits per heavy atom. The first-order valence-corrected chi connectivity index (χ1v) is 5.59. The second-order valence-electron chi connectivity index (χ2n) is 4.50. The third kappa shape index (κ3) is 2.64. The predicted octanol–water partition coefficient (Wildman–Crippen LogP) is 1.62. The molecule has 2 heterocycles. The summed E-state index contributed by atoms with van der Waals surface area (Å²) in [6.07, 6.45) is -1.73. The lowest BCUT2D eigenvalue weighted by atomic mass is 10.1. The molecule has 0 aromatic rings. The predicted molar refractivity (Wildman–Crippen MR) is 51.6 cm³/mol. The van der Waals surface area contributed by atoms with Crippen LogP contribution in [-0.2, 0) is 0 Å². The molecule has 0 amide bonds. The topological polar surface area (TPSA) is 15.3 Å². The fourth-order valence-corrected chi connectivity index (χ4v) is 2.56. The van der Waals surface area contributed by atoms with Crippen molar-refractivity contribution in [3.05, 3.63) is 0 Å². The molecule has 0 radical (unpaired) electrons. The summed E-state index contributed by atoms with van der Waals surface area (Å²) in [7, 11) is 0. The molecule has 1 unspecified atom stereocenters. The average molecular weight is 222 g/mol. The highest BCUT2D eigenvalue weighted by Gasteiger charge is 2.44. The van der Waals surface area contributed by atoms with E-state index >= 15 is 0 Å². The maximum Gasteiger partial charge on any atom is 0.393 e. The first kappa shape index (κ1) is 11.2. The van der Waals surface area contributed by atoms with Crippen molar-refractivity contribution in [3.63, 3.8) is 0 Å². The summed E-state index contributed by atoms with van der Waals surface area (Å²) in [5, 5.41) is 3.23. The molecule has 1 N–H and O–H groups in total. The summed E-state index contributed by atoms with van der Waals surface area (Å²) < 4.78 is 37.4. The van der Waals surface area contributed by atoms with E-state index in [9.17, 15) is 13.2 Å². The number of nitrogens with zero attached hydrogens (tertiary/aromatic N) is 1. The van der Waals surface area contributed by atoms with E-state index in [0.29, 0.717) is 12.6 Å². The Morgan fingerprint density at radius 3 is 2.27 bits per heavy atom. The number of rotatable bonds is 1. The Labute approximate surface area is 87.8 Å². The van der Waals surface area contributed by atoms with Crippen molar-refractivity contribution in [3.8, 4) is 0 Å². The van der Waals surface area contributed by atoms with Crippen LogP contribution >= 0.6 is 0 Å². The van der Waals surface area contributed by atoms with Gasteiger partial charge >= 0.3 is 6.18 Å². The molecule has 0 aliphatic carbocycles. The van der Waals surface area contributed by atoms with Gasteiger partial charge in [-0.2, -0.15) is 13.2 Å². The highest BCUT2D eigenvalue weighted by Crippen LogP contribution is 2.34. The second kappa shape index (κ2) is 4.29. The van der Waals surface area contributed by atoms with E-state index in [4.69, 9.17) is 0 Å². The van der Waals surface area contributed by atoms with Crippen LogP contribution in [0.15, 0.2) is 0 Å². The van der Waals surface area contributed by atoms with Gasteiger partial charge in [0.2, 0.25) is 0 Å². The molecule has 5 heteroatoms. The van der Waals surface area contributed by atoms with Gasteiger partial charge in [-0.3, -0.25) is 4.90 Å². The Hall–Kier alpha value is -0.290. The number of hydrogen-bond acceptors (Lipinski definition) is 2. The van der Waals surface area contributed by atoms with E-state index in [1.54, 1.807) is 0 Å². The maximum absolute atomic E-state index is 12.5. The normalized spacial score (nSPS) is 31.0. The molecular weight excluding hydrogens is 205 g/mol. The summed E-state index contributed by atoms with van der Waals surface area (Å²) in [5.41, 5.74) is 0. The van der Waals surface area contributed by atoms with Gasteiger partial charge in [0.15, 0.2) is 0 Å². The molecule has 0 saturated carbocycles. The van der Waals surface area contributed by atoms with Crippen LogP contribution in [-0.4, -0.2) is 43.3 Å². The second-order valence-corrected chi connectivity index (χ2v) is 4.50. The zero-order valence-corrected chi connectivity index (χ0v) is 8.69. The van der Waals surface area contributed by atoms with Gasteiger partial charge in [0, 0.05) is 12.6 Å². The zero-order valence-electron chi connectivity index (χ0n) is 8.69. The molecular formula is C10H17F3N2. The van der Waals surface area contributed by atoms with E-state index in [1.165, 1.54) is 0 Å². The van der Waals surface area contributed by atoms with Crippen molar-refractivity contribution in [1.29, 1.82) is 0 Å². The SMILES string of the molecule is FC(F)(F)C1CCN(C2CCNCC2)C1. The largest absolute Gasteiger partial charge is 0.393 e. The van der Waals surface area contributed by atoms with Gasteiger partial charge in [-0.15, -0.1) is 0 Å². The van der Waals surface area contributed by atoms with Gasteiger partial charge in [-0.1, -0.05) is 0 Å². The van der Waals surface area contributed by atoms with Crippen LogP contribution in [0.4, 0.5) is 13.2 Å². The Kier molecular flexibility index (Phi) is 3.21. The number of nitrogens with one attached hydrogen (secondary N) is 1. The minimum Gasteiger partial charge on any atom is -0.317 e. The van der Waals surface area contributed by atoms with Gasteiger partial charge in [0.25, 0.3) is 0 Å². The highest BCUT2D eigenvalue weighted by atomic mass is 19.4. The van der Waals surface area contributed by atoms with Gasteiger partial charge < -0.3 is 5.32 Å². The van der Waals surface area contributed by atoms with E-state index in [0.717, 1.165) is 25.9 Å². The van der Waals surface area contributed by atoms with Crippen LogP contribution in [0.3, 0.4) is 0 Å². The van der Waals surface area contributed by atoms with Crippen molar-refractivity contribution < 1.29 is 13.2 Å². The maximum atomic E-state index is 12.5. The van der Waals surface area contributed by atoms with Crippen LogP contribution in [0, 0.1) is 5.92 Å². The van der Waals surface area contributed by atoms with Crippen molar-refractivity contribution in [1.82, 2.24) is 10.2 Å². The molecule has 2 rings (SSSR count). The lowest BCUT2D eigenvalue weighted by Gasteiger charge is -2.31. The number of likely N-dealkylation sites (tertiary alicyclic amines) is 1. The smallest absolute Gasteiger partial charge is 0.317 e. The fourth-order valence-electron chi connectivity index (χ4n) is 2.56. The van der Waals surface area contributed by atoms with Gasteiger partial charge in [0.05, 0.1) is 5.92 Å². The Morgan fingerprint density at radius 2 is 1.73 bits per heavy atom. The van der Waals surface area contributed by atoms with Gasteiger partial charge in [0.1, 0.15) is 0 Å². The van der Waals surface area contributed by atoms with E-state index in [-0.39, 0.29) is 13.0 Å². The molecule has 0 aromatic carbocycles. The third-order valence-corrected chi connectivity index (χ3v) is 3.51. The number of halogens is 3. The quantitative estimate of drug-likeness (QED) is 0.725. The first-order valence-electron chi connectivity index (χ1n) is 5.59. The summed E-state index contributed by atoms with van der Waals surface area (Å²) in [4.78, 5) is 2.03. The molecule has 2 nitrogen and oxygen atoms in total. The highest BCUT2D eigenvalue weighted by molar-refractivity contribution is 4.86. The first-order chi connectivity index (χ1) is 7.07. The van der Waals surface area contributed by atoms with Crippen LogP contribution in [0.1, 0.15) is 19.3 Å². The molecule has 1 atom stereocenters. The molecule has 2 saturated heterocycles. The Balaban J connectivity index is 1.86. The van der Waals surface area contributed by atoms with Crippen molar-refractivity contribution >= 4 is 0 Å². The van der Waals surface area contributed by atoms with Crippen LogP contribution in [0.5, 0.6) is 0 Å². The molecule has 2 fully saturated rings. The molecule has 0 spiro atoms. The van der Waals surface area contributed by atoms with Crippen molar-refractivity contribution in [2.45, 2.75) is 31.5 Å². The third-order valence-electron chi connectivity index (χ3n) is 3.51. The molecule has 0 bridgehead atoms. The molecule has 2 aliphatic rings. The molecule has 2 aliphatic heterocycles. The average Bonchev–Trinajstić information content (AvgIpc) is 2.67. The minimum absolute atomic E-state index is 0.216. The fraction of sp³-hybridized carbons (Fsp3) is 1.00. The van der Waals surface area contributed by atoms with E-state index in [1.807, 2.05) is 4.90 Å². The number of alkyl halides is 3. The van der Waals surface area contributed by atoms with Crippen molar-refractivity contribution in [2.24, 2.45) is 5.92 Å². The van der Waals surface area contributed by atoms with E-state index in [2.05, 4.69) is 5.32 Å². The van der Waals surface area contributed by atoms with E-state index < -0.39 is 12.1 Å². The monoisotopic (exact) mass is 222 g/mol. The van der Waals surface area contributed by atoms with Gasteiger partial charge in [-0.05, 0) is 38.9 Å². The summed E-state index contributed by atoms with van der Waals surface area (Å²) >= 11 is 0. The molecule has 88 valence electrons. The minimum atomic E-state index is -4.00. The van der Waals surface area contributed by atoms with Crippen LogP contribution < -0.4 is 5.32 Å². The number of hydrogen-bond donors (Lipinski definition) is 1. The Bertz CT molecular complexity index is 211. The lowest BCUT2D eigenvalue weighted by molar-refractivity contribution is -0.171. The lowest BCUT2D eigenvalue weighted by Crippen LogP contribution is -2.42.